The number of benzene rings is 2. The minimum absolute atomic E-state index is 0.261. The summed E-state index contributed by atoms with van der Waals surface area (Å²) in [7, 11) is 2.97. The Morgan fingerprint density at radius 2 is 1.76 bits per heavy atom. The van der Waals surface area contributed by atoms with Crippen LogP contribution in [0.3, 0.4) is 0 Å². The lowest BCUT2D eigenvalue weighted by Crippen LogP contribution is -2.52. The van der Waals surface area contributed by atoms with Gasteiger partial charge in [0.1, 0.15) is 6.04 Å². The molecule has 2 aromatic rings. The number of hydrogen-bond acceptors (Lipinski definition) is 3. The molecule has 6 heteroatoms. The van der Waals surface area contributed by atoms with Crippen molar-refractivity contribution in [2.45, 2.75) is 19.0 Å². The van der Waals surface area contributed by atoms with Crippen LogP contribution < -0.4 is 0 Å². The molecule has 3 rings (SSSR count). The van der Waals surface area contributed by atoms with Crippen LogP contribution in [0.15, 0.2) is 48.5 Å². The van der Waals surface area contributed by atoms with Gasteiger partial charge in [-0.05, 0) is 23.3 Å². The number of fused-ring (bicyclic) bond motifs is 1. The zero-order valence-electron chi connectivity index (χ0n) is 14.1. The fourth-order valence-corrected chi connectivity index (χ4v) is 3.26. The average molecular weight is 359 g/mol. The van der Waals surface area contributed by atoms with Crippen LogP contribution in [0.5, 0.6) is 0 Å². The number of rotatable bonds is 3. The van der Waals surface area contributed by atoms with Crippen LogP contribution >= 0.6 is 11.6 Å². The van der Waals surface area contributed by atoms with Gasteiger partial charge in [0.05, 0.1) is 17.7 Å². The fraction of sp³-hybridized carbons (Fsp3) is 0.263. The van der Waals surface area contributed by atoms with Gasteiger partial charge in [-0.1, -0.05) is 48.0 Å². The summed E-state index contributed by atoms with van der Waals surface area (Å²) >= 11 is 6.19. The lowest BCUT2D eigenvalue weighted by molar-refractivity contribution is -0.174. The standard InChI is InChI=1S/C19H19ClN2O3/c1-21(25-2)19(24)17-11-13-7-3-4-8-14(13)12-22(17)18(23)15-9-5-6-10-16(15)20/h3-10,17H,11-12H2,1-2H3. The van der Waals surface area contributed by atoms with Gasteiger partial charge >= 0.3 is 0 Å². The van der Waals surface area contributed by atoms with Gasteiger partial charge in [-0.15, -0.1) is 0 Å². The molecule has 0 N–H and O–H groups in total. The predicted octanol–water partition coefficient (Wildman–Crippen LogP) is 2.93. The van der Waals surface area contributed by atoms with E-state index >= 15 is 0 Å². The van der Waals surface area contributed by atoms with Gasteiger partial charge in [0.2, 0.25) is 0 Å². The number of amides is 2. The van der Waals surface area contributed by atoms with Gasteiger partial charge in [-0.2, -0.15) is 0 Å². The molecule has 0 aliphatic carbocycles. The summed E-state index contributed by atoms with van der Waals surface area (Å²) in [6.45, 7) is 0.355. The van der Waals surface area contributed by atoms with E-state index in [4.69, 9.17) is 16.4 Å². The summed E-state index contributed by atoms with van der Waals surface area (Å²) in [5.74, 6) is -0.527. The number of hydrogen-bond donors (Lipinski definition) is 0. The van der Waals surface area contributed by atoms with Crippen LogP contribution in [-0.4, -0.2) is 42.0 Å². The van der Waals surface area contributed by atoms with E-state index in [1.807, 2.05) is 24.3 Å². The minimum atomic E-state index is -0.636. The Bertz CT molecular complexity index is 809. The molecule has 2 amide bonds. The molecule has 0 saturated carbocycles. The molecule has 1 aliphatic heterocycles. The normalized spacial score (nSPS) is 16.3. The Labute approximate surface area is 151 Å². The Morgan fingerprint density at radius 3 is 2.44 bits per heavy atom. The van der Waals surface area contributed by atoms with E-state index in [2.05, 4.69) is 0 Å². The van der Waals surface area contributed by atoms with Crippen LogP contribution in [0.25, 0.3) is 0 Å². The lowest BCUT2D eigenvalue weighted by atomic mass is 9.92. The maximum Gasteiger partial charge on any atom is 0.268 e. The highest BCUT2D eigenvalue weighted by atomic mass is 35.5. The molecular weight excluding hydrogens is 340 g/mol. The van der Waals surface area contributed by atoms with Gasteiger partial charge in [-0.3, -0.25) is 14.4 Å². The molecule has 25 heavy (non-hydrogen) atoms. The maximum atomic E-state index is 13.1. The Hall–Kier alpha value is -2.37. The molecule has 130 valence electrons. The van der Waals surface area contributed by atoms with Gasteiger partial charge in [0, 0.05) is 20.0 Å². The molecule has 2 aromatic carbocycles. The molecule has 1 aliphatic rings. The van der Waals surface area contributed by atoms with Crippen molar-refractivity contribution in [3.8, 4) is 0 Å². The maximum absolute atomic E-state index is 13.1. The van der Waals surface area contributed by atoms with E-state index in [0.29, 0.717) is 23.6 Å². The van der Waals surface area contributed by atoms with Crippen molar-refractivity contribution in [3.05, 3.63) is 70.2 Å². The van der Waals surface area contributed by atoms with Gasteiger partial charge in [0.25, 0.3) is 11.8 Å². The molecule has 0 radical (unpaired) electrons. The first-order chi connectivity index (χ1) is 12.0. The smallest absolute Gasteiger partial charge is 0.268 e. The van der Waals surface area contributed by atoms with Crippen LogP contribution in [0, 0.1) is 0 Å². The summed E-state index contributed by atoms with van der Waals surface area (Å²) in [6, 6.07) is 14.1. The first-order valence-electron chi connectivity index (χ1n) is 7.97. The molecule has 1 unspecified atom stereocenters. The third-order valence-corrected chi connectivity index (χ3v) is 4.81. The molecule has 0 bridgehead atoms. The molecule has 0 aromatic heterocycles. The Kier molecular flexibility index (Phi) is 5.06. The lowest BCUT2D eigenvalue weighted by Gasteiger charge is -2.37. The topological polar surface area (TPSA) is 49.9 Å². The highest BCUT2D eigenvalue weighted by Crippen LogP contribution is 2.27. The molecule has 1 atom stereocenters. The van der Waals surface area contributed by atoms with E-state index in [1.165, 1.54) is 7.11 Å². The van der Waals surface area contributed by atoms with Crippen molar-refractivity contribution in [2.75, 3.05) is 14.2 Å². The van der Waals surface area contributed by atoms with Crippen molar-refractivity contribution >= 4 is 23.4 Å². The van der Waals surface area contributed by atoms with Gasteiger partial charge in [0.15, 0.2) is 0 Å². The molecule has 0 fully saturated rings. The number of carbonyl (C=O) groups excluding carboxylic acids is 2. The number of halogens is 1. The van der Waals surface area contributed by atoms with E-state index in [0.717, 1.165) is 16.2 Å². The summed E-state index contributed by atoms with van der Waals surface area (Å²) in [5, 5.41) is 1.53. The first kappa shape index (κ1) is 17.5. The number of nitrogens with zero attached hydrogens (tertiary/aromatic N) is 2. The van der Waals surface area contributed by atoms with Crippen LogP contribution in [0.4, 0.5) is 0 Å². The second-order valence-corrected chi connectivity index (χ2v) is 6.33. The van der Waals surface area contributed by atoms with Crippen molar-refractivity contribution in [2.24, 2.45) is 0 Å². The fourth-order valence-electron chi connectivity index (χ4n) is 3.05. The summed E-state index contributed by atoms with van der Waals surface area (Å²) in [6.07, 6.45) is 0.443. The second kappa shape index (κ2) is 7.25. The largest absolute Gasteiger partial charge is 0.322 e. The summed E-state index contributed by atoms with van der Waals surface area (Å²) < 4.78 is 0. The minimum Gasteiger partial charge on any atom is -0.322 e. The Balaban J connectivity index is 2.00. The highest BCUT2D eigenvalue weighted by molar-refractivity contribution is 6.33. The first-order valence-corrected chi connectivity index (χ1v) is 8.34. The van der Waals surface area contributed by atoms with Crippen LogP contribution in [0.1, 0.15) is 21.5 Å². The highest BCUT2D eigenvalue weighted by Gasteiger charge is 2.37. The van der Waals surface area contributed by atoms with Crippen LogP contribution in [0.2, 0.25) is 5.02 Å². The molecule has 5 nitrogen and oxygen atoms in total. The quantitative estimate of drug-likeness (QED) is 0.793. The van der Waals surface area contributed by atoms with Crippen molar-refractivity contribution < 1.29 is 14.4 Å². The SMILES string of the molecule is CON(C)C(=O)C1Cc2ccccc2CN1C(=O)c1ccccc1Cl. The van der Waals surface area contributed by atoms with E-state index in [1.54, 1.807) is 36.2 Å². The third-order valence-electron chi connectivity index (χ3n) is 4.48. The monoisotopic (exact) mass is 358 g/mol. The molecular formula is C19H19ClN2O3. The average Bonchev–Trinajstić information content (AvgIpc) is 2.65. The molecule has 1 heterocycles. The number of likely N-dealkylation sites (N-methyl/N-ethyl adjacent to an activating group) is 1. The van der Waals surface area contributed by atoms with Gasteiger partial charge in [-0.25, -0.2) is 5.06 Å². The van der Waals surface area contributed by atoms with E-state index < -0.39 is 6.04 Å². The summed E-state index contributed by atoms with van der Waals surface area (Å²) in [5.41, 5.74) is 2.49. The van der Waals surface area contributed by atoms with E-state index in [-0.39, 0.29) is 11.8 Å². The van der Waals surface area contributed by atoms with Crippen molar-refractivity contribution in [1.82, 2.24) is 9.96 Å². The number of carbonyl (C=O) groups is 2. The zero-order chi connectivity index (χ0) is 18.0. The molecule has 0 saturated heterocycles. The predicted molar refractivity (Wildman–Crippen MR) is 95.0 cm³/mol. The second-order valence-electron chi connectivity index (χ2n) is 5.92. The van der Waals surface area contributed by atoms with Crippen molar-refractivity contribution in [3.63, 3.8) is 0 Å². The van der Waals surface area contributed by atoms with Crippen LogP contribution in [-0.2, 0) is 22.6 Å². The Morgan fingerprint density at radius 1 is 1.12 bits per heavy atom. The van der Waals surface area contributed by atoms with E-state index in [9.17, 15) is 9.59 Å². The van der Waals surface area contributed by atoms with Crippen molar-refractivity contribution in [1.29, 1.82) is 0 Å². The summed E-state index contributed by atoms with van der Waals surface area (Å²) in [4.78, 5) is 32.4. The third kappa shape index (κ3) is 3.38. The molecule has 0 spiro atoms. The van der Waals surface area contributed by atoms with Gasteiger partial charge < -0.3 is 4.90 Å². The number of hydroxylamine groups is 2. The zero-order valence-corrected chi connectivity index (χ0v) is 14.9.